The minimum Gasteiger partial charge on any atom is -0.386 e. The molecule has 0 saturated heterocycles. The van der Waals surface area contributed by atoms with Gasteiger partial charge in [-0.25, -0.2) is 0 Å². The van der Waals surface area contributed by atoms with E-state index in [1.165, 1.54) is 0 Å². The molecule has 0 aliphatic heterocycles. The zero-order chi connectivity index (χ0) is 6.57. The Bertz CT molecular complexity index is 86.0. The second-order valence-corrected chi connectivity index (χ2v) is 1.41. The maximum atomic E-state index is 5.26. The molecule has 0 unspecified atom stereocenters. The van der Waals surface area contributed by atoms with Gasteiger partial charge in [-0.05, 0) is 13.0 Å². The summed E-state index contributed by atoms with van der Waals surface area (Å²) in [7, 11) is 0. The summed E-state index contributed by atoms with van der Waals surface area (Å²) in [5.74, 6) is 0.500. The van der Waals surface area contributed by atoms with Crippen molar-refractivity contribution < 1.29 is 0 Å². The number of nitrogens with one attached hydrogen (secondary N) is 1. The number of rotatable bonds is 2. The van der Waals surface area contributed by atoms with Crippen molar-refractivity contribution in [3.05, 3.63) is 11.9 Å². The first-order valence-corrected chi connectivity index (χ1v) is 2.36. The van der Waals surface area contributed by atoms with Gasteiger partial charge in [-0.15, -0.1) is 0 Å². The highest BCUT2D eigenvalue weighted by atomic mass is 15.2. The van der Waals surface area contributed by atoms with Crippen LogP contribution in [0.5, 0.6) is 0 Å². The molecule has 0 bridgehead atoms. The van der Waals surface area contributed by atoms with Gasteiger partial charge < -0.3 is 11.1 Å². The quantitative estimate of drug-likeness (QED) is 0.334. The monoisotopic (exact) mass is 116 g/mol. The molecule has 0 fully saturated rings. The summed E-state index contributed by atoms with van der Waals surface area (Å²) in [4.78, 5) is 0. The Labute approximate surface area is 48.7 Å². The fourth-order valence-corrected chi connectivity index (χ4v) is 0.276. The van der Waals surface area contributed by atoms with Crippen molar-refractivity contribution in [3.8, 4) is 0 Å². The molecule has 0 aromatic rings. The highest BCUT2D eigenvalue weighted by molar-refractivity contribution is 4.90. The van der Waals surface area contributed by atoms with Gasteiger partial charge in [0.2, 0.25) is 0 Å². The van der Waals surface area contributed by atoms with Crippen LogP contribution in [0.1, 0.15) is 6.92 Å². The summed E-state index contributed by atoms with van der Waals surface area (Å²) in [5, 5.41) is 2.59. The van der Waals surface area contributed by atoms with Crippen molar-refractivity contribution >= 4 is 0 Å². The lowest BCUT2D eigenvalue weighted by Crippen LogP contribution is -2.46. The van der Waals surface area contributed by atoms with E-state index < -0.39 is 6.29 Å². The van der Waals surface area contributed by atoms with Gasteiger partial charge in [-0.3, -0.25) is 11.5 Å². The van der Waals surface area contributed by atoms with Gasteiger partial charge in [0.1, 0.15) is 6.29 Å². The van der Waals surface area contributed by atoms with E-state index in [4.69, 9.17) is 17.2 Å². The Morgan fingerprint density at radius 2 is 2.12 bits per heavy atom. The van der Waals surface area contributed by atoms with Crippen LogP contribution in [0.15, 0.2) is 11.9 Å². The SMILES string of the molecule is CC=C(N)NC(N)N. The van der Waals surface area contributed by atoms with E-state index in [9.17, 15) is 0 Å². The summed E-state index contributed by atoms with van der Waals surface area (Å²) in [6, 6.07) is 0. The normalized spacial score (nSPS) is 12.2. The Balaban J connectivity index is 3.39. The summed E-state index contributed by atoms with van der Waals surface area (Å²) in [6.07, 6.45) is 1.12. The first-order chi connectivity index (χ1) is 3.66. The lowest BCUT2D eigenvalue weighted by atomic mass is 10.6. The summed E-state index contributed by atoms with van der Waals surface area (Å²) in [6.45, 7) is 1.80. The van der Waals surface area contributed by atoms with Crippen LogP contribution in [0.3, 0.4) is 0 Å². The van der Waals surface area contributed by atoms with Gasteiger partial charge in [0.15, 0.2) is 0 Å². The molecule has 0 aromatic heterocycles. The van der Waals surface area contributed by atoms with Crippen LogP contribution in [0, 0.1) is 0 Å². The molecule has 4 heteroatoms. The molecule has 48 valence electrons. The summed E-state index contributed by atoms with van der Waals surface area (Å²) < 4.78 is 0. The van der Waals surface area contributed by atoms with Crippen molar-refractivity contribution in [2.24, 2.45) is 17.2 Å². The molecular formula is C4H12N4. The third-order valence-corrected chi connectivity index (χ3v) is 0.644. The van der Waals surface area contributed by atoms with Crippen molar-refractivity contribution in [2.75, 3.05) is 0 Å². The average Bonchev–Trinajstić information content (AvgIpc) is 1.65. The van der Waals surface area contributed by atoms with Crippen LogP contribution in [0.2, 0.25) is 0 Å². The maximum Gasteiger partial charge on any atom is 0.128 e. The van der Waals surface area contributed by atoms with E-state index in [2.05, 4.69) is 5.32 Å². The standard InChI is InChI=1S/C4H12N4/c1-2-3(5)8-4(6)7/h2,4,8H,5-7H2,1H3. The van der Waals surface area contributed by atoms with E-state index in [1.807, 2.05) is 0 Å². The van der Waals surface area contributed by atoms with Crippen LogP contribution >= 0.6 is 0 Å². The highest BCUT2D eigenvalue weighted by Gasteiger charge is 1.88. The number of allylic oxidation sites excluding steroid dienone is 1. The van der Waals surface area contributed by atoms with Gasteiger partial charge in [-0.1, -0.05) is 0 Å². The number of hydrogen-bond donors (Lipinski definition) is 4. The average molecular weight is 116 g/mol. The number of nitrogens with two attached hydrogens (primary N) is 3. The van der Waals surface area contributed by atoms with Crippen LogP contribution in [0.4, 0.5) is 0 Å². The van der Waals surface area contributed by atoms with Crippen molar-refractivity contribution in [1.29, 1.82) is 0 Å². The van der Waals surface area contributed by atoms with E-state index in [1.54, 1.807) is 13.0 Å². The number of hydrogen-bond acceptors (Lipinski definition) is 4. The lowest BCUT2D eigenvalue weighted by Gasteiger charge is -2.07. The van der Waals surface area contributed by atoms with E-state index in [0.29, 0.717) is 5.82 Å². The van der Waals surface area contributed by atoms with Gasteiger partial charge in [0.25, 0.3) is 0 Å². The molecule has 8 heavy (non-hydrogen) atoms. The Morgan fingerprint density at radius 1 is 1.62 bits per heavy atom. The van der Waals surface area contributed by atoms with Crippen molar-refractivity contribution in [3.63, 3.8) is 0 Å². The minimum absolute atomic E-state index is 0.500. The largest absolute Gasteiger partial charge is 0.386 e. The second-order valence-electron chi connectivity index (χ2n) is 1.41. The van der Waals surface area contributed by atoms with Gasteiger partial charge in [0.05, 0.1) is 5.82 Å². The zero-order valence-electron chi connectivity index (χ0n) is 4.89. The van der Waals surface area contributed by atoms with Crippen LogP contribution < -0.4 is 22.5 Å². The van der Waals surface area contributed by atoms with Crippen LogP contribution in [-0.4, -0.2) is 6.29 Å². The smallest absolute Gasteiger partial charge is 0.128 e. The molecule has 0 heterocycles. The predicted octanol–water partition coefficient (Wildman–Crippen LogP) is -1.40. The fraction of sp³-hybridized carbons (Fsp3) is 0.500. The molecule has 0 radical (unpaired) electrons. The van der Waals surface area contributed by atoms with E-state index in [0.717, 1.165) is 0 Å². The Hall–Kier alpha value is -0.740. The molecule has 0 rings (SSSR count). The third kappa shape index (κ3) is 3.45. The molecule has 0 spiro atoms. The van der Waals surface area contributed by atoms with Crippen LogP contribution in [-0.2, 0) is 0 Å². The summed E-state index contributed by atoms with van der Waals surface area (Å²) in [5.41, 5.74) is 15.5. The van der Waals surface area contributed by atoms with Gasteiger partial charge in [-0.2, -0.15) is 0 Å². The highest BCUT2D eigenvalue weighted by Crippen LogP contribution is 1.71. The molecule has 0 atom stereocenters. The maximum absolute atomic E-state index is 5.26. The molecule has 0 saturated carbocycles. The molecule has 0 aliphatic rings. The molecule has 7 N–H and O–H groups in total. The Morgan fingerprint density at radius 3 is 2.25 bits per heavy atom. The van der Waals surface area contributed by atoms with Crippen LogP contribution in [0.25, 0.3) is 0 Å². The predicted molar refractivity (Wildman–Crippen MR) is 33.2 cm³/mol. The molecule has 0 aromatic carbocycles. The van der Waals surface area contributed by atoms with Crippen molar-refractivity contribution in [1.82, 2.24) is 5.32 Å². The lowest BCUT2D eigenvalue weighted by molar-refractivity contribution is 0.607. The first kappa shape index (κ1) is 7.26. The second kappa shape index (κ2) is 3.29. The topological polar surface area (TPSA) is 90.1 Å². The first-order valence-electron chi connectivity index (χ1n) is 2.36. The van der Waals surface area contributed by atoms with Gasteiger partial charge >= 0.3 is 0 Å². The summed E-state index contributed by atoms with van der Waals surface area (Å²) >= 11 is 0. The third-order valence-electron chi connectivity index (χ3n) is 0.644. The van der Waals surface area contributed by atoms with E-state index >= 15 is 0 Å². The molecule has 4 nitrogen and oxygen atoms in total. The van der Waals surface area contributed by atoms with Gasteiger partial charge in [0, 0.05) is 0 Å². The Kier molecular flexibility index (Phi) is 2.98. The fourth-order valence-electron chi connectivity index (χ4n) is 0.276. The zero-order valence-corrected chi connectivity index (χ0v) is 4.89. The molecular weight excluding hydrogens is 104 g/mol. The molecule has 0 amide bonds. The molecule has 0 aliphatic carbocycles. The van der Waals surface area contributed by atoms with Crippen molar-refractivity contribution in [2.45, 2.75) is 13.2 Å². The van der Waals surface area contributed by atoms with E-state index in [-0.39, 0.29) is 0 Å². The minimum atomic E-state index is -0.564.